The van der Waals surface area contributed by atoms with Crippen LogP contribution in [0, 0.1) is 24.2 Å². The Balaban J connectivity index is 1.73. The number of unbranched alkanes of at least 4 members (excludes halogenated alkanes) is 1. The van der Waals surface area contributed by atoms with Gasteiger partial charge in [-0.15, -0.1) is 0 Å². The van der Waals surface area contributed by atoms with E-state index in [0.717, 1.165) is 69.7 Å². The lowest BCUT2D eigenvalue weighted by Gasteiger charge is -2.39. The highest BCUT2D eigenvalue weighted by Gasteiger charge is 2.34. The van der Waals surface area contributed by atoms with E-state index in [0.29, 0.717) is 33.8 Å². The topological polar surface area (TPSA) is 72.6 Å². The first kappa shape index (κ1) is 30.9. The Kier molecular flexibility index (Phi) is 10.7. The highest BCUT2D eigenvalue weighted by atomic mass is 32.2. The van der Waals surface area contributed by atoms with Crippen LogP contribution in [0.2, 0.25) is 0 Å². The molecule has 0 N–H and O–H groups in total. The first-order valence-electron chi connectivity index (χ1n) is 14.8. The molecule has 2 fully saturated rings. The number of nitrogens with zero attached hydrogens (tertiary/aromatic N) is 5. The number of hydrogen-bond acceptors (Lipinski definition) is 7. The minimum atomic E-state index is -0.265. The van der Waals surface area contributed by atoms with E-state index in [1.807, 2.05) is 38.1 Å². The smallest absolute Gasteiger partial charge is 0.270 e. The maximum absolute atomic E-state index is 13.7. The molecule has 0 aliphatic carbocycles. The molecular formula is C32H41N5O2S2. The molecule has 0 saturated carbocycles. The van der Waals surface area contributed by atoms with Crippen molar-refractivity contribution in [3.8, 4) is 6.07 Å². The number of pyridine rings is 1. The van der Waals surface area contributed by atoms with E-state index in [4.69, 9.17) is 12.2 Å². The van der Waals surface area contributed by atoms with Crippen molar-refractivity contribution in [1.82, 2.24) is 9.47 Å². The van der Waals surface area contributed by atoms with Crippen LogP contribution in [-0.4, -0.2) is 52.4 Å². The van der Waals surface area contributed by atoms with E-state index in [2.05, 4.69) is 41.8 Å². The molecule has 4 rings (SSSR count). The number of benzene rings is 1. The van der Waals surface area contributed by atoms with Crippen LogP contribution in [0.4, 0.5) is 11.5 Å². The molecule has 1 atom stereocenters. The van der Waals surface area contributed by atoms with E-state index >= 15 is 0 Å². The molecule has 0 spiro atoms. The third kappa shape index (κ3) is 6.70. The molecule has 0 radical (unpaired) electrons. The van der Waals surface area contributed by atoms with Crippen LogP contribution in [0.3, 0.4) is 0 Å². The van der Waals surface area contributed by atoms with Crippen LogP contribution in [0.5, 0.6) is 0 Å². The number of carbonyl (C=O) groups excluding carboxylic acids is 1. The number of aromatic nitrogens is 1. The molecule has 2 aliphatic heterocycles. The van der Waals surface area contributed by atoms with Crippen LogP contribution in [0.25, 0.3) is 6.08 Å². The van der Waals surface area contributed by atoms with E-state index in [-0.39, 0.29) is 17.0 Å². The standard InChI is InChI=1S/C32H41N5O2S2/c1-5-8-12-24(7-3)22-37-31(39)28(41-32(37)40)20-26-23(4)27(21-33)30(38)36(15-6-2)29(26)35-18-16-34(17-19-35)25-13-10-9-11-14-25/h9-11,13-14,20,24H,5-8,12,15-19,22H2,1-4H3/b28-20+. The van der Waals surface area contributed by atoms with Gasteiger partial charge in [-0.2, -0.15) is 5.26 Å². The van der Waals surface area contributed by atoms with E-state index in [9.17, 15) is 14.9 Å². The SMILES string of the molecule is CCCCC(CC)CN1C(=O)/C(=C\c2c(C)c(C#N)c(=O)n(CCC)c2N2CCN(c3ccccc3)CC2)SC1=S. The maximum atomic E-state index is 13.7. The molecular weight excluding hydrogens is 551 g/mol. The van der Waals surface area contributed by atoms with Crippen molar-refractivity contribution >= 4 is 51.8 Å². The summed E-state index contributed by atoms with van der Waals surface area (Å²) in [6, 6.07) is 12.5. The van der Waals surface area contributed by atoms with Crippen molar-refractivity contribution in [1.29, 1.82) is 5.26 Å². The Morgan fingerprint density at radius 1 is 1.05 bits per heavy atom. The summed E-state index contributed by atoms with van der Waals surface area (Å²) in [5.41, 5.74) is 2.44. The van der Waals surface area contributed by atoms with Crippen molar-refractivity contribution in [3.05, 3.63) is 62.3 Å². The van der Waals surface area contributed by atoms with Gasteiger partial charge in [0.2, 0.25) is 0 Å². The highest BCUT2D eigenvalue weighted by Crippen LogP contribution is 2.37. The molecule has 2 aromatic rings. The van der Waals surface area contributed by atoms with Gasteiger partial charge in [-0.05, 0) is 49.5 Å². The third-order valence-corrected chi connectivity index (χ3v) is 9.51. The average Bonchev–Trinajstić information content (AvgIpc) is 3.25. The number of hydrogen-bond donors (Lipinski definition) is 0. The van der Waals surface area contributed by atoms with Gasteiger partial charge >= 0.3 is 0 Å². The largest absolute Gasteiger partial charge is 0.368 e. The fourth-order valence-electron chi connectivity index (χ4n) is 5.70. The zero-order valence-corrected chi connectivity index (χ0v) is 26.3. The number of para-hydroxylation sites is 1. The van der Waals surface area contributed by atoms with Crippen LogP contribution in [-0.2, 0) is 11.3 Å². The minimum Gasteiger partial charge on any atom is -0.368 e. The van der Waals surface area contributed by atoms with Gasteiger partial charge in [0.15, 0.2) is 0 Å². The van der Waals surface area contributed by atoms with Crippen molar-refractivity contribution in [2.75, 3.05) is 42.5 Å². The Morgan fingerprint density at radius 3 is 2.34 bits per heavy atom. The van der Waals surface area contributed by atoms with Crippen molar-refractivity contribution < 1.29 is 4.79 Å². The zero-order chi connectivity index (χ0) is 29.5. The number of thioether (sulfide) groups is 1. The molecule has 2 aliphatic rings. The van der Waals surface area contributed by atoms with Gasteiger partial charge in [0.1, 0.15) is 21.8 Å². The Hall–Kier alpha value is -3.09. The van der Waals surface area contributed by atoms with E-state index in [1.165, 1.54) is 17.4 Å². The fourth-order valence-corrected chi connectivity index (χ4v) is 6.95. The van der Waals surface area contributed by atoms with Gasteiger partial charge in [0.05, 0.1) is 4.91 Å². The number of nitriles is 1. The summed E-state index contributed by atoms with van der Waals surface area (Å²) in [5.74, 6) is 1.12. The Morgan fingerprint density at radius 2 is 1.73 bits per heavy atom. The lowest BCUT2D eigenvalue weighted by Crippen LogP contribution is -2.48. The average molecular weight is 592 g/mol. The van der Waals surface area contributed by atoms with Crippen LogP contribution >= 0.6 is 24.0 Å². The molecule has 9 heteroatoms. The number of anilines is 2. The number of rotatable bonds is 11. The predicted octanol–water partition coefficient (Wildman–Crippen LogP) is 6.18. The number of amides is 1. The van der Waals surface area contributed by atoms with E-state index in [1.54, 1.807) is 9.47 Å². The summed E-state index contributed by atoms with van der Waals surface area (Å²) >= 11 is 7.00. The first-order chi connectivity index (χ1) is 19.8. The fraction of sp³-hybridized carbons (Fsp3) is 0.500. The predicted molar refractivity (Wildman–Crippen MR) is 174 cm³/mol. The molecule has 1 unspecified atom stereocenters. The van der Waals surface area contributed by atoms with Crippen molar-refractivity contribution in [3.63, 3.8) is 0 Å². The van der Waals surface area contributed by atoms with Crippen LogP contribution < -0.4 is 15.4 Å². The molecule has 1 amide bonds. The zero-order valence-electron chi connectivity index (χ0n) is 24.7. The van der Waals surface area contributed by atoms with Gasteiger partial charge in [-0.25, -0.2) is 0 Å². The molecule has 1 aromatic heterocycles. The second-order valence-electron chi connectivity index (χ2n) is 10.8. The van der Waals surface area contributed by atoms with Crippen LogP contribution in [0.1, 0.15) is 69.6 Å². The molecule has 218 valence electrons. The van der Waals surface area contributed by atoms with Crippen LogP contribution in [0.15, 0.2) is 40.0 Å². The minimum absolute atomic E-state index is 0.0825. The number of thiocarbonyl (C=S) groups is 1. The van der Waals surface area contributed by atoms with Gasteiger partial charge < -0.3 is 9.80 Å². The highest BCUT2D eigenvalue weighted by molar-refractivity contribution is 8.26. The normalized spacial score (nSPS) is 17.4. The molecule has 2 saturated heterocycles. The summed E-state index contributed by atoms with van der Waals surface area (Å²) in [7, 11) is 0. The summed E-state index contributed by atoms with van der Waals surface area (Å²) in [4.78, 5) is 34.1. The molecule has 7 nitrogen and oxygen atoms in total. The maximum Gasteiger partial charge on any atom is 0.270 e. The lowest BCUT2D eigenvalue weighted by atomic mass is 9.99. The van der Waals surface area contributed by atoms with Crippen molar-refractivity contribution in [2.24, 2.45) is 5.92 Å². The Bertz CT molecular complexity index is 1390. The van der Waals surface area contributed by atoms with Gasteiger partial charge in [-0.3, -0.25) is 19.1 Å². The van der Waals surface area contributed by atoms with Gasteiger partial charge in [0, 0.05) is 50.5 Å². The second-order valence-corrected chi connectivity index (χ2v) is 12.5. The van der Waals surface area contributed by atoms with E-state index < -0.39 is 0 Å². The summed E-state index contributed by atoms with van der Waals surface area (Å²) in [5, 5.41) is 9.97. The third-order valence-electron chi connectivity index (χ3n) is 8.13. The summed E-state index contributed by atoms with van der Waals surface area (Å²) in [6.45, 7) is 12.4. The Labute approximate surface area is 253 Å². The second kappa shape index (κ2) is 14.2. The summed E-state index contributed by atoms with van der Waals surface area (Å²) in [6.07, 6.45) is 6.98. The molecule has 41 heavy (non-hydrogen) atoms. The van der Waals surface area contributed by atoms with Crippen molar-refractivity contribution in [2.45, 2.75) is 66.3 Å². The molecule has 0 bridgehead atoms. The molecule has 1 aromatic carbocycles. The monoisotopic (exact) mass is 591 g/mol. The van der Waals surface area contributed by atoms with Gasteiger partial charge in [-0.1, -0.05) is 82.2 Å². The number of carbonyl (C=O) groups is 1. The van der Waals surface area contributed by atoms with Gasteiger partial charge in [0.25, 0.3) is 11.5 Å². The quantitative estimate of drug-likeness (QED) is 0.228. The lowest BCUT2D eigenvalue weighted by molar-refractivity contribution is -0.122. The number of piperazine rings is 1. The first-order valence-corrected chi connectivity index (χ1v) is 16.0. The summed E-state index contributed by atoms with van der Waals surface area (Å²) < 4.78 is 2.32. The molecule has 3 heterocycles.